The van der Waals surface area contributed by atoms with Crippen LogP contribution in [0.25, 0.3) is 55.0 Å². The minimum Gasteiger partial charge on any atom is -0.462 e. The Morgan fingerprint density at radius 2 is 1.61 bits per heavy atom. The molecule has 0 radical (unpaired) electrons. The lowest BCUT2D eigenvalue weighted by Gasteiger charge is -2.10. The molecule has 0 spiro atoms. The van der Waals surface area contributed by atoms with E-state index in [0.29, 0.717) is 0 Å². The van der Waals surface area contributed by atoms with Crippen molar-refractivity contribution in [3.63, 3.8) is 0 Å². The van der Waals surface area contributed by atoms with E-state index in [2.05, 4.69) is 72.6 Å². The molecular formula is C28H20N2O. The molecule has 0 fully saturated rings. The molecule has 3 aromatic heterocycles. The van der Waals surface area contributed by atoms with Gasteiger partial charge in [0.25, 0.3) is 0 Å². The van der Waals surface area contributed by atoms with E-state index in [1.807, 2.05) is 18.3 Å². The van der Waals surface area contributed by atoms with Crippen LogP contribution in [0.3, 0.4) is 0 Å². The number of hydrogen-bond acceptors (Lipinski definition) is 3. The number of hydrogen-bond donors (Lipinski definition) is 0. The number of rotatable bonds is 3. The van der Waals surface area contributed by atoms with Gasteiger partial charge >= 0.3 is 0 Å². The average molecular weight is 400 g/mol. The van der Waals surface area contributed by atoms with E-state index in [1.165, 1.54) is 21.9 Å². The lowest BCUT2D eigenvalue weighted by molar-refractivity contribution is 0.618. The Morgan fingerprint density at radius 1 is 0.742 bits per heavy atom. The minimum absolute atomic E-state index is 0.816. The van der Waals surface area contributed by atoms with E-state index >= 15 is 0 Å². The van der Waals surface area contributed by atoms with Gasteiger partial charge in [-0.15, -0.1) is 0 Å². The Morgan fingerprint density at radius 3 is 2.55 bits per heavy atom. The maximum atomic E-state index is 5.69. The first-order valence-corrected chi connectivity index (χ1v) is 10.5. The van der Waals surface area contributed by atoms with Crippen molar-refractivity contribution in [3.05, 3.63) is 97.0 Å². The van der Waals surface area contributed by atoms with E-state index in [0.717, 1.165) is 45.1 Å². The van der Waals surface area contributed by atoms with Crippen LogP contribution in [0.15, 0.2) is 95.9 Å². The average Bonchev–Trinajstić information content (AvgIpc) is 3.32. The fourth-order valence-corrected chi connectivity index (χ4v) is 4.33. The van der Waals surface area contributed by atoms with Crippen LogP contribution in [0.5, 0.6) is 0 Å². The predicted molar refractivity (Wildman–Crippen MR) is 127 cm³/mol. The standard InChI is InChI=1S/C28H20N2O/c1-2-18-5-6-20-15-21(8-7-19(20)14-18)22-9-12-29-26(17-22)25-16-23-10-13-31-28(23)27-24(25)4-3-11-30-27/h3-17H,2H2,1H3. The monoisotopic (exact) mass is 400 g/mol. The molecule has 0 amide bonds. The summed E-state index contributed by atoms with van der Waals surface area (Å²) in [6, 6.07) is 25.7. The van der Waals surface area contributed by atoms with E-state index in [9.17, 15) is 0 Å². The summed E-state index contributed by atoms with van der Waals surface area (Å²) in [6.45, 7) is 2.19. The lowest BCUT2D eigenvalue weighted by Crippen LogP contribution is -1.89. The van der Waals surface area contributed by atoms with Gasteiger partial charge in [-0.2, -0.15) is 0 Å². The molecule has 3 aromatic carbocycles. The summed E-state index contributed by atoms with van der Waals surface area (Å²) in [5.74, 6) is 0. The first-order valence-electron chi connectivity index (χ1n) is 10.5. The Bertz CT molecular complexity index is 1580. The van der Waals surface area contributed by atoms with Crippen molar-refractivity contribution in [2.24, 2.45) is 0 Å². The summed E-state index contributed by atoms with van der Waals surface area (Å²) in [5.41, 5.74) is 7.37. The lowest BCUT2D eigenvalue weighted by atomic mass is 9.97. The van der Waals surface area contributed by atoms with Crippen LogP contribution in [0.1, 0.15) is 12.5 Å². The second kappa shape index (κ2) is 7.06. The Kier molecular flexibility index (Phi) is 4.07. The zero-order chi connectivity index (χ0) is 20.8. The molecule has 0 saturated heterocycles. The molecule has 148 valence electrons. The third-order valence-electron chi connectivity index (χ3n) is 5.99. The molecule has 31 heavy (non-hydrogen) atoms. The third-order valence-corrected chi connectivity index (χ3v) is 5.99. The van der Waals surface area contributed by atoms with Crippen molar-refractivity contribution >= 4 is 32.6 Å². The van der Waals surface area contributed by atoms with Crippen LogP contribution in [-0.4, -0.2) is 9.97 Å². The number of furan rings is 1. The van der Waals surface area contributed by atoms with E-state index in [1.54, 1.807) is 12.5 Å². The summed E-state index contributed by atoms with van der Waals surface area (Å²) in [4.78, 5) is 9.28. The normalized spacial score (nSPS) is 11.5. The highest BCUT2D eigenvalue weighted by molar-refractivity contribution is 6.09. The van der Waals surface area contributed by atoms with Crippen LogP contribution in [0, 0.1) is 0 Å². The zero-order valence-corrected chi connectivity index (χ0v) is 17.2. The summed E-state index contributed by atoms with van der Waals surface area (Å²) >= 11 is 0. The van der Waals surface area contributed by atoms with Gasteiger partial charge < -0.3 is 4.42 Å². The largest absolute Gasteiger partial charge is 0.462 e. The van der Waals surface area contributed by atoms with Crippen molar-refractivity contribution < 1.29 is 4.42 Å². The molecule has 6 rings (SSSR count). The minimum atomic E-state index is 0.816. The van der Waals surface area contributed by atoms with E-state index in [-0.39, 0.29) is 0 Å². The summed E-state index contributed by atoms with van der Waals surface area (Å²) in [6.07, 6.45) is 6.45. The van der Waals surface area contributed by atoms with Crippen LogP contribution in [-0.2, 0) is 6.42 Å². The molecule has 3 heterocycles. The molecule has 0 N–H and O–H groups in total. The molecule has 0 saturated carbocycles. The van der Waals surface area contributed by atoms with Crippen molar-refractivity contribution in [2.45, 2.75) is 13.3 Å². The molecule has 0 aliphatic rings. The number of benzene rings is 3. The number of aromatic nitrogens is 2. The first-order chi connectivity index (χ1) is 15.3. The van der Waals surface area contributed by atoms with Crippen LogP contribution >= 0.6 is 0 Å². The molecule has 0 aliphatic heterocycles. The second-order valence-corrected chi connectivity index (χ2v) is 7.84. The number of pyridine rings is 2. The molecule has 3 nitrogen and oxygen atoms in total. The fraction of sp³-hybridized carbons (Fsp3) is 0.0714. The maximum absolute atomic E-state index is 5.69. The highest BCUT2D eigenvalue weighted by atomic mass is 16.3. The van der Waals surface area contributed by atoms with Crippen molar-refractivity contribution in [1.82, 2.24) is 9.97 Å². The molecule has 6 aromatic rings. The van der Waals surface area contributed by atoms with Crippen LogP contribution in [0.2, 0.25) is 0 Å². The Hall–Kier alpha value is -3.98. The third kappa shape index (κ3) is 2.98. The smallest absolute Gasteiger partial charge is 0.160 e. The summed E-state index contributed by atoms with van der Waals surface area (Å²) in [7, 11) is 0. The highest BCUT2D eigenvalue weighted by Crippen LogP contribution is 2.35. The van der Waals surface area contributed by atoms with Crippen LogP contribution < -0.4 is 0 Å². The van der Waals surface area contributed by atoms with Gasteiger partial charge in [0.15, 0.2) is 5.58 Å². The molecular weight excluding hydrogens is 380 g/mol. The maximum Gasteiger partial charge on any atom is 0.160 e. The topological polar surface area (TPSA) is 38.9 Å². The van der Waals surface area contributed by atoms with Crippen molar-refractivity contribution in [1.29, 1.82) is 0 Å². The first kappa shape index (κ1) is 17.8. The van der Waals surface area contributed by atoms with Gasteiger partial charge in [0.2, 0.25) is 0 Å². The summed E-state index contributed by atoms with van der Waals surface area (Å²) < 4.78 is 5.69. The molecule has 0 atom stereocenters. The SMILES string of the molecule is CCc1ccc2cc(-c3ccnc(-c4cc5ccoc5c5ncccc45)c3)ccc2c1. The molecule has 3 heteroatoms. The highest BCUT2D eigenvalue weighted by Gasteiger charge is 2.13. The van der Waals surface area contributed by atoms with Gasteiger partial charge in [-0.3, -0.25) is 9.97 Å². The number of fused-ring (bicyclic) bond motifs is 4. The molecule has 0 aliphatic carbocycles. The Balaban J connectivity index is 1.51. The van der Waals surface area contributed by atoms with Gasteiger partial charge in [0.1, 0.15) is 5.52 Å². The van der Waals surface area contributed by atoms with Gasteiger partial charge in [-0.05, 0) is 70.3 Å². The van der Waals surface area contributed by atoms with Gasteiger partial charge in [0, 0.05) is 28.7 Å². The van der Waals surface area contributed by atoms with Gasteiger partial charge in [-0.1, -0.05) is 43.3 Å². The predicted octanol–water partition coefficient (Wildman–Crippen LogP) is 7.43. The quantitative estimate of drug-likeness (QED) is 0.310. The van der Waals surface area contributed by atoms with Crippen molar-refractivity contribution in [3.8, 4) is 22.4 Å². The van der Waals surface area contributed by atoms with Crippen LogP contribution in [0.4, 0.5) is 0 Å². The van der Waals surface area contributed by atoms with E-state index < -0.39 is 0 Å². The van der Waals surface area contributed by atoms with Crippen molar-refractivity contribution in [2.75, 3.05) is 0 Å². The summed E-state index contributed by atoms with van der Waals surface area (Å²) in [5, 5.41) is 4.61. The fourth-order valence-electron chi connectivity index (χ4n) is 4.33. The number of nitrogens with zero attached hydrogens (tertiary/aromatic N) is 2. The molecule has 0 unspecified atom stereocenters. The van der Waals surface area contributed by atoms with Gasteiger partial charge in [-0.25, -0.2) is 0 Å². The van der Waals surface area contributed by atoms with Gasteiger partial charge in [0.05, 0.1) is 12.0 Å². The second-order valence-electron chi connectivity index (χ2n) is 7.84. The zero-order valence-electron chi connectivity index (χ0n) is 17.2. The van der Waals surface area contributed by atoms with E-state index in [4.69, 9.17) is 9.40 Å². The number of aryl methyl sites for hydroxylation is 1. The molecule has 0 bridgehead atoms. The Labute approximate surface area is 180 Å².